The molecule has 0 amide bonds. The SMILES string of the molecule is CN(C)/C=C(\C(=O)C(C)(C)C)c1ccncc1. The summed E-state index contributed by atoms with van der Waals surface area (Å²) >= 11 is 0. The van der Waals surface area contributed by atoms with Gasteiger partial charge in [-0.05, 0) is 17.7 Å². The highest BCUT2D eigenvalue weighted by molar-refractivity contribution is 6.22. The van der Waals surface area contributed by atoms with Gasteiger partial charge in [-0.25, -0.2) is 0 Å². The van der Waals surface area contributed by atoms with Gasteiger partial charge >= 0.3 is 0 Å². The lowest BCUT2D eigenvalue weighted by molar-refractivity contribution is -0.120. The molecular weight excluding hydrogens is 212 g/mol. The first kappa shape index (κ1) is 13.4. The van der Waals surface area contributed by atoms with Gasteiger partial charge in [0.05, 0.1) is 0 Å². The molecule has 0 fully saturated rings. The Labute approximate surface area is 103 Å². The largest absolute Gasteiger partial charge is 0.383 e. The van der Waals surface area contributed by atoms with Crippen molar-refractivity contribution in [3.63, 3.8) is 0 Å². The van der Waals surface area contributed by atoms with Crippen LogP contribution < -0.4 is 0 Å². The van der Waals surface area contributed by atoms with Crippen molar-refractivity contribution in [3.8, 4) is 0 Å². The maximum Gasteiger partial charge on any atom is 0.170 e. The Bertz CT molecular complexity index is 414. The van der Waals surface area contributed by atoms with Gasteiger partial charge in [0.15, 0.2) is 5.78 Å². The number of rotatable bonds is 3. The van der Waals surface area contributed by atoms with Crippen LogP contribution in [0, 0.1) is 5.41 Å². The molecule has 0 aliphatic rings. The fourth-order valence-electron chi connectivity index (χ4n) is 1.46. The Kier molecular flexibility index (Phi) is 4.05. The van der Waals surface area contributed by atoms with E-state index in [1.54, 1.807) is 12.4 Å². The first-order valence-corrected chi connectivity index (χ1v) is 5.66. The predicted octanol–water partition coefficient (Wildman–Crippen LogP) is 2.60. The molecule has 0 radical (unpaired) electrons. The summed E-state index contributed by atoms with van der Waals surface area (Å²) in [4.78, 5) is 18.2. The van der Waals surface area contributed by atoms with Crippen LogP contribution >= 0.6 is 0 Å². The number of allylic oxidation sites excluding steroid dienone is 1. The second-order valence-electron chi connectivity index (χ2n) is 5.32. The lowest BCUT2D eigenvalue weighted by atomic mass is 9.84. The topological polar surface area (TPSA) is 33.2 Å². The zero-order chi connectivity index (χ0) is 13.1. The highest BCUT2D eigenvalue weighted by Gasteiger charge is 2.25. The monoisotopic (exact) mass is 232 g/mol. The zero-order valence-electron chi connectivity index (χ0n) is 11.2. The molecular formula is C14H20N2O. The van der Waals surface area contributed by atoms with Gasteiger partial charge in [-0.15, -0.1) is 0 Å². The van der Waals surface area contributed by atoms with Gasteiger partial charge in [0, 0.05) is 43.7 Å². The summed E-state index contributed by atoms with van der Waals surface area (Å²) in [5.74, 6) is 0.136. The van der Waals surface area contributed by atoms with Crippen LogP contribution in [0.15, 0.2) is 30.7 Å². The van der Waals surface area contributed by atoms with Gasteiger partial charge in [-0.2, -0.15) is 0 Å². The Morgan fingerprint density at radius 2 is 1.76 bits per heavy atom. The quantitative estimate of drug-likeness (QED) is 0.751. The fraction of sp³-hybridized carbons (Fsp3) is 0.429. The Morgan fingerprint density at radius 1 is 1.24 bits per heavy atom. The average molecular weight is 232 g/mol. The standard InChI is InChI=1S/C14H20N2O/c1-14(2,3)13(17)12(10-16(4)5)11-6-8-15-9-7-11/h6-10H,1-5H3/b12-10-. The molecule has 0 aliphatic heterocycles. The molecule has 0 aromatic carbocycles. The van der Waals surface area contributed by atoms with Gasteiger partial charge in [-0.1, -0.05) is 20.8 Å². The van der Waals surface area contributed by atoms with E-state index in [4.69, 9.17) is 0 Å². The number of Topliss-reactive ketones (excluding diaryl/α,β-unsaturated/α-hetero) is 1. The number of pyridine rings is 1. The van der Waals surface area contributed by atoms with E-state index in [2.05, 4.69) is 4.98 Å². The molecule has 0 saturated carbocycles. The molecule has 0 spiro atoms. The van der Waals surface area contributed by atoms with Gasteiger partial charge in [0.2, 0.25) is 0 Å². The van der Waals surface area contributed by atoms with E-state index in [-0.39, 0.29) is 11.2 Å². The van der Waals surface area contributed by atoms with Crippen LogP contribution in [0.1, 0.15) is 26.3 Å². The molecule has 3 heteroatoms. The molecule has 1 aromatic rings. The second kappa shape index (κ2) is 5.13. The van der Waals surface area contributed by atoms with Crippen LogP contribution in [-0.2, 0) is 4.79 Å². The lowest BCUT2D eigenvalue weighted by Gasteiger charge is -2.20. The highest BCUT2D eigenvalue weighted by Crippen LogP contribution is 2.26. The maximum absolute atomic E-state index is 12.4. The molecule has 92 valence electrons. The van der Waals surface area contributed by atoms with Crippen molar-refractivity contribution < 1.29 is 4.79 Å². The lowest BCUT2D eigenvalue weighted by Crippen LogP contribution is -2.22. The third kappa shape index (κ3) is 3.70. The minimum absolute atomic E-state index is 0.136. The summed E-state index contributed by atoms with van der Waals surface area (Å²) < 4.78 is 0. The van der Waals surface area contributed by atoms with Crippen molar-refractivity contribution in [2.75, 3.05) is 14.1 Å². The molecule has 1 aromatic heterocycles. The first-order chi connectivity index (χ1) is 7.82. The van der Waals surface area contributed by atoms with Crippen LogP contribution in [-0.4, -0.2) is 29.8 Å². The molecule has 0 aliphatic carbocycles. The summed E-state index contributed by atoms with van der Waals surface area (Å²) in [6.07, 6.45) is 5.27. The number of aromatic nitrogens is 1. The molecule has 1 heterocycles. The minimum atomic E-state index is -0.384. The maximum atomic E-state index is 12.4. The number of hydrogen-bond acceptors (Lipinski definition) is 3. The number of ketones is 1. The van der Waals surface area contributed by atoms with E-state index in [1.165, 1.54) is 0 Å². The zero-order valence-corrected chi connectivity index (χ0v) is 11.2. The van der Waals surface area contributed by atoms with E-state index in [0.717, 1.165) is 11.1 Å². The van der Waals surface area contributed by atoms with E-state index in [0.29, 0.717) is 0 Å². The molecule has 0 saturated heterocycles. The Balaban J connectivity index is 3.20. The third-order valence-electron chi connectivity index (χ3n) is 2.30. The summed E-state index contributed by atoms with van der Waals surface area (Å²) in [5.41, 5.74) is 1.25. The predicted molar refractivity (Wildman–Crippen MR) is 70.4 cm³/mol. The fourth-order valence-corrected chi connectivity index (χ4v) is 1.46. The van der Waals surface area contributed by atoms with Crippen LogP contribution in [0.5, 0.6) is 0 Å². The Hall–Kier alpha value is -1.64. The van der Waals surface area contributed by atoms with Crippen molar-refractivity contribution in [1.82, 2.24) is 9.88 Å². The highest BCUT2D eigenvalue weighted by atomic mass is 16.1. The molecule has 17 heavy (non-hydrogen) atoms. The van der Waals surface area contributed by atoms with Gasteiger partial charge in [0.25, 0.3) is 0 Å². The van der Waals surface area contributed by atoms with E-state index in [9.17, 15) is 4.79 Å². The molecule has 3 nitrogen and oxygen atoms in total. The number of carbonyl (C=O) groups is 1. The first-order valence-electron chi connectivity index (χ1n) is 5.66. The van der Waals surface area contributed by atoms with Gasteiger partial charge in [-0.3, -0.25) is 9.78 Å². The van der Waals surface area contributed by atoms with E-state index < -0.39 is 0 Å². The number of carbonyl (C=O) groups excluding carboxylic acids is 1. The molecule has 0 atom stereocenters. The number of nitrogens with zero attached hydrogens (tertiary/aromatic N) is 2. The minimum Gasteiger partial charge on any atom is -0.383 e. The summed E-state index contributed by atoms with van der Waals surface area (Å²) in [7, 11) is 3.83. The number of hydrogen-bond donors (Lipinski definition) is 0. The van der Waals surface area contributed by atoms with Crippen LogP contribution in [0.25, 0.3) is 5.57 Å². The third-order valence-corrected chi connectivity index (χ3v) is 2.30. The summed E-state index contributed by atoms with van der Waals surface area (Å²) in [6, 6.07) is 3.72. The second-order valence-corrected chi connectivity index (χ2v) is 5.32. The van der Waals surface area contributed by atoms with Crippen LogP contribution in [0.3, 0.4) is 0 Å². The van der Waals surface area contributed by atoms with E-state index in [1.807, 2.05) is 58.1 Å². The van der Waals surface area contributed by atoms with Gasteiger partial charge < -0.3 is 4.90 Å². The Morgan fingerprint density at radius 3 is 2.18 bits per heavy atom. The molecule has 0 unspecified atom stereocenters. The summed E-state index contributed by atoms with van der Waals surface area (Å²) in [5, 5.41) is 0. The van der Waals surface area contributed by atoms with Crippen LogP contribution in [0.4, 0.5) is 0 Å². The van der Waals surface area contributed by atoms with Crippen molar-refractivity contribution in [3.05, 3.63) is 36.3 Å². The van der Waals surface area contributed by atoms with E-state index >= 15 is 0 Å². The molecule has 0 N–H and O–H groups in total. The molecule has 1 rings (SSSR count). The van der Waals surface area contributed by atoms with Crippen molar-refractivity contribution in [2.45, 2.75) is 20.8 Å². The molecule has 0 bridgehead atoms. The smallest absolute Gasteiger partial charge is 0.170 e. The van der Waals surface area contributed by atoms with Crippen molar-refractivity contribution in [2.24, 2.45) is 5.41 Å². The van der Waals surface area contributed by atoms with Crippen molar-refractivity contribution >= 4 is 11.4 Å². The summed E-state index contributed by atoms with van der Waals surface area (Å²) in [6.45, 7) is 5.79. The van der Waals surface area contributed by atoms with Crippen LogP contribution in [0.2, 0.25) is 0 Å². The van der Waals surface area contributed by atoms with Gasteiger partial charge in [0.1, 0.15) is 0 Å². The van der Waals surface area contributed by atoms with Crippen molar-refractivity contribution in [1.29, 1.82) is 0 Å². The normalized spacial score (nSPS) is 12.4. The average Bonchev–Trinajstić information content (AvgIpc) is 2.24.